The number of aromatic nitrogens is 1. The second-order valence-electron chi connectivity index (χ2n) is 5.53. The van der Waals surface area contributed by atoms with Crippen molar-refractivity contribution in [1.82, 2.24) is 4.98 Å². The van der Waals surface area contributed by atoms with Crippen LogP contribution >= 0.6 is 45.6 Å². The van der Waals surface area contributed by atoms with Gasteiger partial charge in [0.15, 0.2) is 0 Å². The molecule has 0 fully saturated rings. The zero-order valence-corrected chi connectivity index (χ0v) is 17.0. The van der Waals surface area contributed by atoms with Gasteiger partial charge in [-0.05, 0) is 36.6 Å². The summed E-state index contributed by atoms with van der Waals surface area (Å²) in [6, 6.07) is 14.3. The molecule has 0 unspecified atom stereocenters. The zero-order chi connectivity index (χ0) is 18.1. The Labute approximate surface area is 167 Å². The lowest BCUT2D eigenvalue weighted by Gasteiger charge is -2.01. The number of nitrogens with zero attached hydrogens (tertiary/aromatic N) is 1. The molecule has 3 nitrogen and oxygen atoms in total. The third kappa shape index (κ3) is 3.55. The van der Waals surface area contributed by atoms with E-state index in [1.54, 1.807) is 22.7 Å². The van der Waals surface area contributed by atoms with Crippen molar-refractivity contribution in [1.29, 1.82) is 0 Å². The largest absolute Gasteiger partial charge is 0.466 e. The van der Waals surface area contributed by atoms with Crippen molar-refractivity contribution in [3.63, 3.8) is 0 Å². The quantitative estimate of drug-likeness (QED) is 0.346. The minimum atomic E-state index is -0.260. The molecule has 0 N–H and O–H groups in total. The van der Waals surface area contributed by atoms with Crippen LogP contribution in [0.1, 0.15) is 12.6 Å². The number of thiazole rings is 1. The van der Waals surface area contributed by atoms with Crippen LogP contribution in [0, 0.1) is 0 Å². The molecule has 0 spiro atoms. The average Bonchev–Trinajstić information content (AvgIpc) is 3.32. The number of hydrogen-bond donors (Lipinski definition) is 0. The Balaban J connectivity index is 1.78. The van der Waals surface area contributed by atoms with Crippen molar-refractivity contribution in [2.24, 2.45) is 0 Å². The second-order valence-corrected chi connectivity index (χ2v) is 9.33. The van der Waals surface area contributed by atoms with E-state index < -0.39 is 0 Å². The highest BCUT2D eigenvalue weighted by atomic mass is 35.5. The summed E-state index contributed by atoms with van der Waals surface area (Å²) in [6.07, 6.45) is 0.167. The van der Waals surface area contributed by atoms with E-state index in [9.17, 15) is 4.79 Å². The minimum Gasteiger partial charge on any atom is -0.466 e. The molecular weight excluding hydrogens is 406 g/mol. The average molecular weight is 420 g/mol. The Bertz CT molecular complexity index is 1050. The fraction of sp³-hybridized carbons (Fsp3) is 0.158. The molecule has 0 saturated carbocycles. The van der Waals surface area contributed by atoms with E-state index in [0.29, 0.717) is 6.61 Å². The van der Waals surface area contributed by atoms with Crippen LogP contribution in [-0.4, -0.2) is 17.6 Å². The first-order valence-electron chi connectivity index (χ1n) is 8.04. The molecule has 3 heterocycles. The maximum Gasteiger partial charge on any atom is 0.311 e. The van der Waals surface area contributed by atoms with Gasteiger partial charge in [-0.15, -0.1) is 34.0 Å². The number of rotatable bonds is 5. The predicted octanol–water partition coefficient (Wildman–Crippen LogP) is 6.51. The van der Waals surface area contributed by atoms with Crippen molar-refractivity contribution in [3.8, 4) is 19.6 Å². The minimum absolute atomic E-state index is 0.167. The molecule has 3 aromatic heterocycles. The molecule has 4 aromatic rings. The van der Waals surface area contributed by atoms with E-state index in [1.165, 1.54) is 21.4 Å². The Morgan fingerprint density at radius 1 is 1.12 bits per heavy atom. The summed E-state index contributed by atoms with van der Waals surface area (Å²) in [5.41, 5.74) is 0.749. The number of halogens is 1. The highest BCUT2D eigenvalue weighted by Gasteiger charge is 2.20. The smallest absolute Gasteiger partial charge is 0.311 e. The number of thiophene rings is 2. The molecule has 0 aliphatic rings. The first-order valence-corrected chi connectivity index (χ1v) is 10.9. The molecule has 0 bridgehead atoms. The summed E-state index contributed by atoms with van der Waals surface area (Å²) in [4.78, 5) is 19.9. The lowest BCUT2D eigenvalue weighted by molar-refractivity contribution is -0.142. The lowest BCUT2D eigenvalue weighted by Crippen LogP contribution is -2.08. The second kappa shape index (κ2) is 7.48. The predicted molar refractivity (Wildman–Crippen MR) is 112 cm³/mol. The molecule has 0 atom stereocenters. The summed E-state index contributed by atoms with van der Waals surface area (Å²) in [6.45, 7) is 2.17. The van der Waals surface area contributed by atoms with Crippen LogP contribution in [-0.2, 0) is 16.0 Å². The summed E-state index contributed by atoms with van der Waals surface area (Å²) < 4.78 is 7.06. The molecule has 26 heavy (non-hydrogen) atoms. The van der Waals surface area contributed by atoms with Gasteiger partial charge in [0.2, 0.25) is 0 Å². The van der Waals surface area contributed by atoms with Gasteiger partial charge in [0, 0.05) is 9.58 Å². The van der Waals surface area contributed by atoms with Gasteiger partial charge >= 0.3 is 5.97 Å². The van der Waals surface area contributed by atoms with Crippen molar-refractivity contribution in [3.05, 3.63) is 52.5 Å². The summed E-state index contributed by atoms with van der Waals surface area (Å²) >= 11 is 10.9. The van der Waals surface area contributed by atoms with Crippen LogP contribution in [0.3, 0.4) is 0 Å². The number of fused-ring (bicyclic) bond motifs is 1. The standard InChI is InChI=1S/C19H14ClNO2S3/c1-2-23-17(22)10-12-18(14-7-8-16(20)25-14)26-19(21-12)15-9-11-5-3-4-6-13(11)24-15/h3-9H,2,10H2,1H3. The molecule has 4 rings (SSSR count). The number of carbonyl (C=O) groups is 1. The maximum atomic E-state index is 12.0. The van der Waals surface area contributed by atoms with Crippen LogP contribution in [0.15, 0.2) is 42.5 Å². The van der Waals surface area contributed by atoms with Gasteiger partial charge in [-0.25, -0.2) is 4.98 Å². The molecule has 0 aliphatic carbocycles. The van der Waals surface area contributed by atoms with E-state index in [-0.39, 0.29) is 12.4 Å². The van der Waals surface area contributed by atoms with Gasteiger partial charge in [0.1, 0.15) is 5.01 Å². The highest BCUT2D eigenvalue weighted by Crippen LogP contribution is 2.42. The summed E-state index contributed by atoms with van der Waals surface area (Å²) in [5, 5.41) is 2.13. The maximum absolute atomic E-state index is 12.0. The Hall–Kier alpha value is -1.73. The van der Waals surface area contributed by atoms with Crippen LogP contribution in [0.25, 0.3) is 29.7 Å². The van der Waals surface area contributed by atoms with Crippen molar-refractivity contribution in [2.45, 2.75) is 13.3 Å². The van der Waals surface area contributed by atoms with Crippen LogP contribution < -0.4 is 0 Å². The van der Waals surface area contributed by atoms with E-state index in [0.717, 1.165) is 29.7 Å². The Morgan fingerprint density at radius 3 is 2.69 bits per heavy atom. The van der Waals surface area contributed by atoms with Crippen molar-refractivity contribution < 1.29 is 9.53 Å². The molecule has 7 heteroatoms. The third-order valence-corrected chi connectivity index (χ3v) is 7.54. The van der Waals surface area contributed by atoms with E-state index >= 15 is 0 Å². The third-order valence-electron chi connectivity index (χ3n) is 3.75. The molecule has 132 valence electrons. The molecule has 0 amide bonds. The highest BCUT2D eigenvalue weighted by molar-refractivity contribution is 7.28. The Kier molecular flexibility index (Phi) is 5.09. The monoisotopic (exact) mass is 419 g/mol. The number of carbonyl (C=O) groups excluding carboxylic acids is 1. The molecule has 0 aliphatic heterocycles. The first-order chi connectivity index (χ1) is 12.6. The summed E-state index contributed by atoms with van der Waals surface area (Å²) in [5.74, 6) is -0.260. The normalized spacial score (nSPS) is 11.2. The number of hydrogen-bond acceptors (Lipinski definition) is 6. The molecule has 0 radical (unpaired) electrons. The van der Waals surface area contributed by atoms with Gasteiger partial charge in [0.05, 0.1) is 32.8 Å². The number of ether oxygens (including phenoxy) is 1. The van der Waals surface area contributed by atoms with Crippen molar-refractivity contribution >= 4 is 61.7 Å². The summed E-state index contributed by atoms with van der Waals surface area (Å²) in [7, 11) is 0. The van der Waals surface area contributed by atoms with Gasteiger partial charge < -0.3 is 4.74 Å². The van der Waals surface area contributed by atoms with Crippen LogP contribution in [0.5, 0.6) is 0 Å². The van der Waals surface area contributed by atoms with Crippen LogP contribution in [0.2, 0.25) is 4.34 Å². The number of benzene rings is 1. The first kappa shape index (κ1) is 17.7. The van der Waals surface area contributed by atoms with Gasteiger partial charge in [-0.2, -0.15) is 0 Å². The Morgan fingerprint density at radius 2 is 1.96 bits per heavy atom. The zero-order valence-electron chi connectivity index (χ0n) is 13.8. The molecule has 1 aromatic carbocycles. The molecular formula is C19H14ClNO2S3. The van der Waals surface area contributed by atoms with E-state index in [4.69, 9.17) is 21.3 Å². The van der Waals surface area contributed by atoms with Crippen LogP contribution in [0.4, 0.5) is 0 Å². The lowest BCUT2D eigenvalue weighted by atomic mass is 10.2. The van der Waals surface area contributed by atoms with Gasteiger partial charge in [0.25, 0.3) is 0 Å². The van der Waals surface area contributed by atoms with Crippen molar-refractivity contribution in [2.75, 3.05) is 6.61 Å². The topological polar surface area (TPSA) is 39.2 Å². The van der Waals surface area contributed by atoms with Gasteiger partial charge in [-0.3, -0.25) is 4.79 Å². The van der Waals surface area contributed by atoms with E-state index in [1.807, 2.05) is 31.2 Å². The SMILES string of the molecule is CCOC(=O)Cc1nc(-c2cc3ccccc3s2)sc1-c1ccc(Cl)s1. The fourth-order valence-electron chi connectivity index (χ4n) is 2.64. The van der Waals surface area contributed by atoms with E-state index in [2.05, 4.69) is 18.2 Å². The molecule has 0 saturated heterocycles. The fourth-order valence-corrected chi connectivity index (χ4v) is 6.01. The number of esters is 1. The van der Waals surface area contributed by atoms with Gasteiger partial charge in [-0.1, -0.05) is 29.8 Å².